The van der Waals surface area contributed by atoms with E-state index in [4.69, 9.17) is 0 Å². The fraction of sp³-hybridized carbons (Fsp3) is 0.271. The minimum Gasteiger partial charge on any atom is -0.310 e. The lowest BCUT2D eigenvalue weighted by Gasteiger charge is -2.38. The Morgan fingerprint density at radius 2 is 0.727 bits per heavy atom. The molecule has 3 nitrogen and oxygen atoms in total. The van der Waals surface area contributed by atoms with Gasteiger partial charge in [0.25, 0.3) is 0 Å². The van der Waals surface area contributed by atoms with Crippen LogP contribution in [0.3, 0.4) is 0 Å². The smallest absolute Gasteiger partial charge is 0.0715 e. The van der Waals surface area contributed by atoms with E-state index >= 15 is 0 Å². The Balaban J connectivity index is 1.17. The van der Waals surface area contributed by atoms with Crippen LogP contribution in [-0.4, -0.2) is 4.57 Å². The third-order valence-electron chi connectivity index (χ3n) is 22.1. The molecule has 99 heavy (non-hydrogen) atoms. The molecule has 0 fully saturated rings. The summed E-state index contributed by atoms with van der Waals surface area (Å²) in [6.07, 6.45) is 0. The zero-order chi connectivity index (χ0) is 69.8. The lowest BCUT2D eigenvalue weighted by molar-refractivity contribution is 0.589. The third-order valence-corrected chi connectivity index (χ3v) is 22.1. The highest BCUT2D eigenvalue weighted by Gasteiger charge is 2.53. The number of benzene rings is 12. The third kappa shape index (κ3) is 10.7. The lowest BCUT2D eigenvalue weighted by Crippen LogP contribution is -2.30. The first-order chi connectivity index (χ1) is 46.8. The fourth-order valence-corrected chi connectivity index (χ4v) is 16.7. The molecule has 0 saturated carbocycles. The van der Waals surface area contributed by atoms with Crippen LogP contribution in [-0.2, 0) is 37.9 Å². The highest BCUT2D eigenvalue weighted by Crippen LogP contribution is 2.68. The number of nitrogens with zero attached hydrogens (tertiary/aromatic N) is 3. The van der Waals surface area contributed by atoms with E-state index in [-0.39, 0.29) is 27.1 Å². The molecular formula is C96H97N3. The Morgan fingerprint density at radius 3 is 1.25 bits per heavy atom. The number of aryl methyl sites for hydroxylation is 2. The van der Waals surface area contributed by atoms with Crippen molar-refractivity contribution >= 4 is 66.7 Å². The van der Waals surface area contributed by atoms with Gasteiger partial charge in [0.2, 0.25) is 0 Å². The molecule has 496 valence electrons. The SMILES string of the molecule is Cc1cccc(N(c2ccc(C(C)(C)C)cc2)c2cc3c(c4c2C(C)(C)c2ccccc2-4)-c2c(cc(N(c4ccc(C(C)(C)C)cc4)c4cccc(C)c4)c4ccccc24)C3(c2ccc(C(C)(C)C)cc2)c2ccc3c(c2)c2cc(C(C)(C)C)ccc2n3-c2ccc(C(C)(C)C)cc2)c1. The molecule has 1 atom stereocenters. The zero-order valence-corrected chi connectivity index (χ0v) is 61.9. The Kier molecular flexibility index (Phi) is 15.1. The second kappa shape index (κ2) is 22.9. The first-order valence-corrected chi connectivity index (χ1v) is 36.0. The zero-order valence-electron chi connectivity index (χ0n) is 61.9. The van der Waals surface area contributed by atoms with Crippen LogP contribution in [0.2, 0.25) is 0 Å². The molecule has 13 aromatic rings. The Labute approximate surface area is 589 Å². The summed E-state index contributed by atoms with van der Waals surface area (Å²) in [6.45, 7) is 44.3. The molecule has 15 rings (SSSR count). The van der Waals surface area contributed by atoms with E-state index in [2.05, 4.69) is 389 Å². The van der Waals surface area contributed by atoms with Gasteiger partial charge in [-0.3, -0.25) is 0 Å². The maximum absolute atomic E-state index is 2.69. The molecule has 1 heterocycles. The number of anilines is 6. The van der Waals surface area contributed by atoms with E-state index in [0.717, 1.165) is 34.1 Å². The van der Waals surface area contributed by atoms with Crippen molar-refractivity contribution in [2.45, 2.75) is 169 Å². The monoisotopic (exact) mass is 1290 g/mol. The van der Waals surface area contributed by atoms with Crippen LogP contribution in [0.15, 0.2) is 243 Å². The second-order valence-electron chi connectivity index (χ2n) is 34.5. The molecule has 3 heteroatoms. The maximum Gasteiger partial charge on any atom is 0.0715 e. The minimum absolute atomic E-state index is 0.00798. The quantitative estimate of drug-likeness (QED) is 0.143. The van der Waals surface area contributed by atoms with Crippen LogP contribution < -0.4 is 9.80 Å². The molecule has 0 bridgehead atoms. The van der Waals surface area contributed by atoms with Crippen molar-refractivity contribution < 1.29 is 0 Å². The predicted molar refractivity (Wildman–Crippen MR) is 425 cm³/mol. The summed E-state index contributed by atoms with van der Waals surface area (Å²) in [4.78, 5) is 5.17. The van der Waals surface area contributed by atoms with E-state index in [0.29, 0.717) is 0 Å². The molecule has 0 aliphatic heterocycles. The standard InChI is InChI=1S/C96H97N3/c1-60-26-24-28-72(54-60)97(69-46-38-63(39-47-69)91(6,7)8)84-58-80-86(75-31-21-20-30-74(75)84)88-81(59-85(89-87(88)76-32-22-23-33-79(76)95(89,18)19)98(73-29-25-27-61(2)55-73)70-48-40-64(41-49-70)92(9,10)11)96(80,66-36-34-62(35-37-66)90(3,4)5)68-45-53-83-78(57-68)77-56-67(94(15,16)17)44-52-82(77)99(83)71-50-42-65(43-51-71)93(12,13)14/h20-59H,1-19H3. The Hall–Kier alpha value is -9.70. The van der Waals surface area contributed by atoms with Gasteiger partial charge in [0.1, 0.15) is 0 Å². The molecule has 1 unspecified atom stereocenters. The summed E-state index contributed by atoms with van der Waals surface area (Å²) in [5.74, 6) is 0. The average molecular weight is 1290 g/mol. The number of rotatable bonds is 9. The van der Waals surface area contributed by atoms with Gasteiger partial charge in [-0.05, 0) is 238 Å². The molecule has 0 N–H and O–H groups in total. The summed E-state index contributed by atoms with van der Waals surface area (Å²) in [7, 11) is 0. The van der Waals surface area contributed by atoms with Gasteiger partial charge in [-0.2, -0.15) is 0 Å². The van der Waals surface area contributed by atoms with Crippen LogP contribution in [0.25, 0.3) is 60.5 Å². The van der Waals surface area contributed by atoms with Gasteiger partial charge in [0.05, 0.1) is 27.8 Å². The molecule has 0 amide bonds. The first-order valence-electron chi connectivity index (χ1n) is 36.0. The van der Waals surface area contributed by atoms with Gasteiger partial charge >= 0.3 is 0 Å². The predicted octanol–water partition coefficient (Wildman–Crippen LogP) is 26.7. The lowest BCUT2D eigenvalue weighted by atomic mass is 9.66. The summed E-state index contributed by atoms with van der Waals surface area (Å²) in [6, 6.07) is 95.5. The van der Waals surface area contributed by atoms with Crippen LogP contribution in [0.5, 0.6) is 0 Å². The second-order valence-corrected chi connectivity index (χ2v) is 34.5. The number of hydrogen-bond acceptors (Lipinski definition) is 2. The van der Waals surface area contributed by atoms with Crippen LogP contribution in [0.4, 0.5) is 34.1 Å². The number of fused-ring (bicyclic) bond motifs is 12. The minimum atomic E-state index is -0.952. The molecule has 0 saturated heterocycles. The van der Waals surface area contributed by atoms with Crippen LogP contribution in [0, 0.1) is 13.8 Å². The Morgan fingerprint density at radius 1 is 0.303 bits per heavy atom. The van der Waals surface area contributed by atoms with Crippen molar-refractivity contribution in [3.05, 3.63) is 315 Å². The highest BCUT2D eigenvalue weighted by atomic mass is 15.2. The van der Waals surface area contributed by atoms with Crippen molar-refractivity contribution in [3.8, 4) is 27.9 Å². The van der Waals surface area contributed by atoms with Crippen molar-refractivity contribution in [1.29, 1.82) is 0 Å². The molecular weight excluding hydrogens is 1200 g/mol. The summed E-state index contributed by atoms with van der Waals surface area (Å²) < 4.78 is 2.53. The Bertz CT molecular complexity index is 5340. The van der Waals surface area contributed by atoms with Crippen LogP contribution in [0.1, 0.15) is 190 Å². The average Bonchev–Trinajstić information content (AvgIpc) is 1.50. The normalized spacial score (nSPS) is 15.1. The van der Waals surface area contributed by atoms with E-state index in [1.165, 1.54) is 133 Å². The van der Waals surface area contributed by atoms with Gasteiger partial charge in [-0.25, -0.2) is 0 Å². The van der Waals surface area contributed by atoms with Gasteiger partial charge in [-0.1, -0.05) is 263 Å². The molecule has 0 radical (unpaired) electrons. The van der Waals surface area contributed by atoms with E-state index < -0.39 is 10.8 Å². The summed E-state index contributed by atoms with van der Waals surface area (Å²) >= 11 is 0. The molecule has 1 aromatic heterocycles. The molecule has 2 aliphatic rings. The van der Waals surface area contributed by atoms with E-state index in [9.17, 15) is 0 Å². The van der Waals surface area contributed by atoms with Gasteiger partial charge in [-0.15, -0.1) is 0 Å². The fourth-order valence-electron chi connectivity index (χ4n) is 16.7. The number of aromatic nitrogens is 1. The van der Waals surface area contributed by atoms with Gasteiger partial charge < -0.3 is 14.4 Å². The van der Waals surface area contributed by atoms with Crippen molar-refractivity contribution in [2.24, 2.45) is 0 Å². The maximum atomic E-state index is 2.69. The first kappa shape index (κ1) is 65.2. The van der Waals surface area contributed by atoms with Gasteiger partial charge in [0, 0.05) is 50.0 Å². The molecule has 2 aliphatic carbocycles. The topological polar surface area (TPSA) is 11.4 Å². The van der Waals surface area contributed by atoms with Crippen molar-refractivity contribution in [1.82, 2.24) is 4.57 Å². The highest BCUT2D eigenvalue weighted by molar-refractivity contribution is 6.16. The van der Waals surface area contributed by atoms with Crippen molar-refractivity contribution in [2.75, 3.05) is 9.80 Å². The van der Waals surface area contributed by atoms with E-state index in [1.807, 2.05) is 0 Å². The molecule has 0 spiro atoms. The summed E-state index contributed by atoms with van der Waals surface area (Å²) in [5.41, 5.74) is 30.4. The van der Waals surface area contributed by atoms with Crippen LogP contribution >= 0.6 is 0 Å². The van der Waals surface area contributed by atoms with Gasteiger partial charge in [0.15, 0.2) is 0 Å². The van der Waals surface area contributed by atoms with Crippen molar-refractivity contribution in [3.63, 3.8) is 0 Å². The number of hydrogen-bond donors (Lipinski definition) is 0. The molecule has 12 aromatic carbocycles. The summed E-state index contributed by atoms with van der Waals surface area (Å²) in [5, 5.41) is 4.88. The largest absolute Gasteiger partial charge is 0.310 e. The van der Waals surface area contributed by atoms with E-state index in [1.54, 1.807) is 0 Å².